The molecule has 0 radical (unpaired) electrons. The van der Waals surface area contributed by atoms with E-state index in [1.807, 2.05) is 35.7 Å². The third kappa shape index (κ3) is 4.20. The minimum absolute atomic E-state index is 0.165. The molecule has 6 nitrogen and oxygen atoms in total. The van der Waals surface area contributed by atoms with Crippen LogP contribution in [-0.2, 0) is 0 Å². The zero-order chi connectivity index (χ0) is 18.6. The van der Waals surface area contributed by atoms with Gasteiger partial charge in [-0.1, -0.05) is 23.7 Å². The lowest BCUT2D eigenvalue weighted by Gasteiger charge is -2.36. The standard InChI is InChI=1S/C19H18ClN5OS/c20-14-3-1-4-15(13-14)24-8-10-25(11-9-24)18-7-6-17(22-23-18)21-19(26)16-5-2-12-27-16/h1-7,12-13H,8-11H2,(H,21,22,26). The highest BCUT2D eigenvalue weighted by Crippen LogP contribution is 2.22. The molecule has 0 aliphatic carbocycles. The zero-order valence-electron chi connectivity index (χ0n) is 14.5. The topological polar surface area (TPSA) is 61.4 Å². The molecule has 3 aromatic rings. The van der Waals surface area contributed by atoms with Crippen LogP contribution in [0, 0.1) is 0 Å². The fraction of sp³-hybridized carbons (Fsp3) is 0.211. The van der Waals surface area contributed by atoms with E-state index in [-0.39, 0.29) is 5.91 Å². The van der Waals surface area contributed by atoms with E-state index in [2.05, 4.69) is 31.4 Å². The number of nitrogens with one attached hydrogen (secondary N) is 1. The van der Waals surface area contributed by atoms with E-state index < -0.39 is 0 Å². The van der Waals surface area contributed by atoms with Crippen molar-refractivity contribution in [2.45, 2.75) is 0 Å². The van der Waals surface area contributed by atoms with Crippen molar-refractivity contribution in [3.63, 3.8) is 0 Å². The molecule has 1 saturated heterocycles. The predicted octanol–water partition coefficient (Wildman–Crippen LogP) is 3.77. The number of nitrogens with zero attached hydrogens (tertiary/aromatic N) is 4. The number of piperazine rings is 1. The number of hydrogen-bond acceptors (Lipinski definition) is 6. The normalized spacial score (nSPS) is 14.3. The van der Waals surface area contributed by atoms with Crippen LogP contribution in [0.5, 0.6) is 0 Å². The van der Waals surface area contributed by atoms with Crippen LogP contribution in [-0.4, -0.2) is 42.3 Å². The molecule has 3 heterocycles. The molecular formula is C19H18ClN5OS. The summed E-state index contributed by atoms with van der Waals surface area (Å²) in [6, 6.07) is 15.2. The van der Waals surface area contributed by atoms with Crippen LogP contribution in [0.4, 0.5) is 17.3 Å². The number of carbonyl (C=O) groups is 1. The van der Waals surface area contributed by atoms with Crippen molar-refractivity contribution in [3.8, 4) is 0 Å². The average molecular weight is 400 g/mol. The monoisotopic (exact) mass is 399 g/mol. The molecule has 0 bridgehead atoms. The van der Waals surface area contributed by atoms with Gasteiger partial charge in [-0.3, -0.25) is 4.79 Å². The third-order valence-electron chi connectivity index (χ3n) is 4.41. The van der Waals surface area contributed by atoms with Crippen molar-refractivity contribution in [2.24, 2.45) is 0 Å². The quantitative estimate of drug-likeness (QED) is 0.723. The zero-order valence-corrected chi connectivity index (χ0v) is 16.1. The van der Waals surface area contributed by atoms with Gasteiger partial charge in [-0.25, -0.2) is 0 Å². The van der Waals surface area contributed by atoms with Gasteiger partial charge in [0.05, 0.1) is 4.88 Å². The number of amides is 1. The third-order valence-corrected chi connectivity index (χ3v) is 5.52. The van der Waals surface area contributed by atoms with Crippen molar-refractivity contribution in [3.05, 3.63) is 63.8 Å². The van der Waals surface area contributed by atoms with E-state index in [1.54, 1.807) is 12.1 Å². The molecule has 0 spiro atoms. The molecule has 138 valence electrons. The minimum Gasteiger partial charge on any atom is -0.368 e. The number of anilines is 3. The van der Waals surface area contributed by atoms with E-state index in [4.69, 9.17) is 11.6 Å². The van der Waals surface area contributed by atoms with Gasteiger partial charge in [-0.15, -0.1) is 21.5 Å². The first-order valence-electron chi connectivity index (χ1n) is 8.63. The Bertz CT molecular complexity index is 908. The molecular weight excluding hydrogens is 382 g/mol. The number of benzene rings is 1. The fourth-order valence-electron chi connectivity index (χ4n) is 3.01. The van der Waals surface area contributed by atoms with E-state index >= 15 is 0 Å². The minimum atomic E-state index is -0.165. The summed E-state index contributed by atoms with van der Waals surface area (Å²) in [5, 5.41) is 13.8. The number of halogens is 1. The first-order chi connectivity index (χ1) is 13.2. The molecule has 0 saturated carbocycles. The molecule has 1 aliphatic rings. The van der Waals surface area contributed by atoms with E-state index in [0.717, 1.165) is 42.7 Å². The van der Waals surface area contributed by atoms with Crippen LogP contribution in [0.1, 0.15) is 9.67 Å². The Kier molecular flexibility index (Phi) is 5.22. The van der Waals surface area contributed by atoms with Crippen molar-refractivity contribution < 1.29 is 4.79 Å². The summed E-state index contributed by atoms with van der Waals surface area (Å²) in [5.41, 5.74) is 1.14. The van der Waals surface area contributed by atoms with E-state index in [9.17, 15) is 4.79 Å². The number of thiophene rings is 1. The summed E-state index contributed by atoms with van der Waals surface area (Å²) < 4.78 is 0. The Hall–Kier alpha value is -2.64. The van der Waals surface area contributed by atoms with Gasteiger partial charge in [-0.2, -0.15) is 0 Å². The molecule has 1 amide bonds. The van der Waals surface area contributed by atoms with Gasteiger partial charge in [0.25, 0.3) is 5.91 Å². The van der Waals surface area contributed by atoms with Crippen molar-refractivity contribution in [1.29, 1.82) is 0 Å². The highest BCUT2D eigenvalue weighted by Gasteiger charge is 2.19. The summed E-state index contributed by atoms with van der Waals surface area (Å²) in [5.74, 6) is 1.10. The maximum absolute atomic E-state index is 12.1. The molecule has 0 unspecified atom stereocenters. The van der Waals surface area contributed by atoms with Crippen LogP contribution in [0.15, 0.2) is 53.9 Å². The van der Waals surface area contributed by atoms with Crippen LogP contribution in [0.25, 0.3) is 0 Å². The lowest BCUT2D eigenvalue weighted by atomic mass is 10.2. The average Bonchev–Trinajstić information content (AvgIpc) is 3.24. The second kappa shape index (κ2) is 7.94. The van der Waals surface area contributed by atoms with Crippen molar-refractivity contribution >= 4 is 46.2 Å². The first kappa shape index (κ1) is 17.8. The van der Waals surface area contributed by atoms with Crippen molar-refractivity contribution in [2.75, 3.05) is 41.3 Å². The van der Waals surface area contributed by atoms with Crippen LogP contribution in [0.2, 0.25) is 5.02 Å². The second-order valence-electron chi connectivity index (χ2n) is 6.16. The molecule has 1 aliphatic heterocycles. The lowest BCUT2D eigenvalue weighted by Crippen LogP contribution is -2.46. The SMILES string of the molecule is O=C(Nc1ccc(N2CCN(c3cccc(Cl)c3)CC2)nn1)c1cccs1. The molecule has 1 N–H and O–H groups in total. The Morgan fingerprint density at radius 1 is 1.00 bits per heavy atom. The summed E-state index contributed by atoms with van der Waals surface area (Å²) in [7, 11) is 0. The van der Waals surface area contributed by atoms with E-state index in [1.165, 1.54) is 11.3 Å². The van der Waals surface area contributed by atoms with Crippen molar-refractivity contribution in [1.82, 2.24) is 10.2 Å². The molecule has 2 aromatic heterocycles. The fourth-order valence-corrected chi connectivity index (χ4v) is 3.82. The van der Waals surface area contributed by atoms with Crippen LogP contribution < -0.4 is 15.1 Å². The summed E-state index contributed by atoms with van der Waals surface area (Å²) in [6.45, 7) is 3.47. The molecule has 1 aromatic carbocycles. The second-order valence-corrected chi connectivity index (χ2v) is 7.55. The van der Waals surface area contributed by atoms with Gasteiger partial charge in [0.2, 0.25) is 0 Å². The molecule has 4 rings (SSSR count). The number of aromatic nitrogens is 2. The van der Waals surface area contributed by atoms with E-state index in [0.29, 0.717) is 10.7 Å². The molecule has 0 atom stereocenters. The predicted molar refractivity (Wildman–Crippen MR) is 110 cm³/mol. The van der Waals surface area contributed by atoms with Gasteiger partial charge in [0.15, 0.2) is 11.6 Å². The largest absolute Gasteiger partial charge is 0.368 e. The Labute approximate surface area is 166 Å². The maximum Gasteiger partial charge on any atom is 0.266 e. The van der Waals surface area contributed by atoms with Gasteiger partial charge < -0.3 is 15.1 Å². The number of rotatable bonds is 4. The Morgan fingerprint density at radius 3 is 2.48 bits per heavy atom. The number of hydrogen-bond donors (Lipinski definition) is 1. The Morgan fingerprint density at radius 2 is 1.81 bits per heavy atom. The van der Waals surface area contributed by atoms with Crippen LogP contribution in [0.3, 0.4) is 0 Å². The van der Waals surface area contributed by atoms with Gasteiger partial charge >= 0.3 is 0 Å². The first-order valence-corrected chi connectivity index (χ1v) is 9.89. The lowest BCUT2D eigenvalue weighted by molar-refractivity contribution is 0.103. The smallest absolute Gasteiger partial charge is 0.266 e. The molecule has 1 fully saturated rings. The van der Waals surface area contributed by atoms with Crippen LogP contribution >= 0.6 is 22.9 Å². The summed E-state index contributed by atoms with van der Waals surface area (Å²) >= 11 is 7.48. The van der Waals surface area contributed by atoms with Gasteiger partial charge in [-0.05, 0) is 41.8 Å². The van der Waals surface area contributed by atoms with Gasteiger partial charge in [0, 0.05) is 36.9 Å². The summed E-state index contributed by atoms with van der Waals surface area (Å²) in [4.78, 5) is 17.2. The number of carbonyl (C=O) groups excluding carboxylic acids is 1. The Balaban J connectivity index is 1.35. The highest BCUT2D eigenvalue weighted by atomic mass is 35.5. The molecule has 8 heteroatoms. The van der Waals surface area contributed by atoms with Gasteiger partial charge in [0.1, 0.15) is 0 Å². The maximum atomic E-state index is 12.1. The molecule has 27 heavy (non-hydrogen) atoms. The summed E-state index contributed by atoms with van der Waals surface area (Å²) in [6.07, 6.45) is 0. The highest BCUT2D eigenvalue weighted by molar-refractivity contribution is 7.12.